The second-order valence-corrected chi connectivity index (χ2v) is 4.17. The molecule has 1 aliphatic rings. The number of hydrogen-bond acceptors (Lipinski definition) is 3. The average Bonchev–Trinajstić information content (AvgIpc) is 2.56. The number of hydrogen-bond donors (Lipinski definition) is 2. The van der Waals surface area contributed by atoms with Crippen LogP contribution in [0.15, 0.2) is 12.4 Å². The average molecular weight is 259 g/mol. The topological polar surface area (TPSA) is 59.0 Å². The molecule has 0 saturated carbocycles. The van der Waals surface area contributed by atoms with Crippen molar-refractivity contribution < 1.29 is 4.79 Å². The summed E-state index contributed by atoms with van der Waals surface area (Å²) in [6, 6.07) is 0. The van der Waals surface area contributed by atoms with Crippen molar-refractivity contribution in [3.63, 3.8) is 0 Å². The first-order chi connectivity index (χ1) is 7.77. The fraction of sp³-hybridized carbons (Fsp3) is 0.636. The molecule has 0 unspecified atom stereocenters. The van der Waals surface area contributed by atoms with Gasteiger partial charge >= 0.3 is 0 Å². The van der Waals surface area contributed by atoms with Crippen LogP contribution in [0.25, 0.3) is 0 Å². The number of carbonyl (C=O) groups excluding carboxylic acids is 1. The van der Waals surface area contributed by atoms with Crippen molar-refractivity contribution in [3.8, 4) is 0 Å². The smallest absolute Gasteiger partial charge is 0.225 e. The molecule has 0 spiro atoms. The Morgan fingerprint density at radius 2 is 2.41 bits per heavy atom. The van der Waals surface area contributed by atoms with E-state index in [4.69, 9.17) is 0 Å². The van der Waals surface area contributed by atoms with Gasteiger partial charge in [0.15, 0.2) is 0 Å². The molecule has 2 heterocycles. The van der Waals surface area contributed by atoms with Crippen LogP contribution < -0.4 is 10.6 Å². The summed E-state index contributed by atoms with van der Waals surface area (Å²) in [7, 11) is 0. The van der Waals surface area contributed by atoms with Crippen molar-refractivity contribution in [2.24, 2.45) is 5.92 Å². The summed E-state index contributed by atoms with van der Waals surface area (Å²) in [4.78, 5) is 15.6. The molecule has 1 aromatic heterocycles. The molecule has 6 heteroatoms. The Morgan fingerprint density at radius 3 is 2.94 bits per heavy atom. The highest BCUT2D eigenvalue weighted by Gasteiger charge is 2.23. The van der Waals surface area contributed by atoms with E-state index >= 15 is 0 Å². The fourth-order valence-electron chi connectivity index (χ4n) is 1.72. The normalized spacial score (nSPS) is 14.9. The first kappa shape index (κ1) is 14.0. The van der Waals surface area contributed by atoms with Gasteiger partial charge in [0, 0.05) is 38.6 Å². The summed E-state index contributed by atoms with van der Waals surface area (Å²) in [6.07, 6.45) is 4.71. The third-order valence-electron chi connectivity index (χ3n) is 2.95. The highest BCUT2D eigenvalue weighted by molar-refractivity contribution is 5.85. The van der Waals surface area contributed by atoms with Crippen LogP contribution in [0.4, 0.5) is 0 Å². The Bertz CT molecular complexity index is 362. The van der Waals surface area contributed by atoms with Gasteiger partial charge in [0.05, 0.1) is 5.92 Å². The lowest BCUT2D eigenvalue weighted by Gasteiger charge is -2.25. The predicted octanol–water partition coefficient (Wildman–Crippen LogP) is 0.339. The van der Waals surface area contributed by atoms with Crippen LogP contribution in [0.1, 0.15) is 12.2 Å². The van der Waals surface area contributed by atoms with E-state index in [-0.39, 0.29) is 24.2 Å². The molecule has 2 N–H and O–H groups in total. The number of amides is 1. The third-order valence-corrected chi connectivity index (χ3v) is 2.95. The van der Waals surface area contributed by atoms with Crippen molar-refractivity contribution >= 4 is 18.3 Å². The zero-order valence-electron chi connectivity index (χ0n) is 9.98. The summed E-state index contributed by atoms with van der Waals surface area (Å²) in [5, 5.41) is 6.04. The Balaban J connectivity index is 0.00000144. The van der Waals surface area contributed by atoms with Crippen LogP contribution in [0.2, 0.25) is 0 Å². The summed E-state index contributed by atoms with van der Waals surface area (Å²) in [6.45, 7) is 5.29. The molecule has 2 rings (SSSR count). The van der Waals surface area contributed by atoms with Crippen molar-refractivity contribution in [1.82, 2.24) is 20.2 Å². The van der Waals surface area contributed by atoms with Gasteiger partial charge in [-0.3, -0.25) is 4.79 Å². The van der Waals surface area contributed by atoms with Crippen LogP contribution in [0, 0.1) is 12.8 Å². The molecule has 1 aromatic rings. The second-order valence-electron chi connectivity index (χ2n) is 4.17. The molecule has 5 nitrogen and oxygen atoms in total. The molecule has 1 aliphatic heterocycles. The standard InChI is InChI=1S/C11H18N4O.ClH/c1-9-13-4-6-15(9)5-2-3-14-11(16)10-7-12-8-10;/h4,6,10,12H,2-3,5,7-8H2,1H3,(H,14,16);1H. The van der Waals surface area contributed by atoms with Gasteiger partial charge in [0.1, 0.15) is 5.82 Å². The van der Waals surface area contributed by atoms with Crippen LogP contribution in [-0.4, -0.2) is 35.1 Å². The van der Waals surface area contributed by atoms with Crippen LogP contribution in [-0.2, 0) is 11.3 Å². The van der Waals surface area contributed by atoms with Gasteiger partial charge in [-0.2, -0.15) is 0 Å². The molecule has 0 aliphatic carbocycles. The molecule has 1 amide bonds. The number of carbonyl (C=O) groups is 1. The lowest BCUT2D eigenvalue weighted by atomic mass is 10.0. The monoisotopic (exact) mass is 258 g/mol. The molecule has 1 saturated heterocycles. The van der Waals surface area contributed by atoms with Gasteiger partial charge in [0.2, 0.25) is 5.91 Å². The van der Waals surface area contributed by atoms with E-state index < -0.39 is 0 Å². The van der Waals surface area contributed by atoms with Crippen LogP contribution in [0.5, 0.6) is 0 Å². The molecule has 96 valence electrons. The quantitative estimate of drug-likeness (QED) is 0.749. The summed E-state index contributed by atoms with van der Waals surface area (Å²) >= 11 is 0. The largest absolute Gasteiger partial charge is 0.356 e. The first-order valence-electron chi connectivity index (χ1n) is 5.73. The molecular formula is C11H19ClN4O. The van der Waals surface area contributed by atoms with E-state index in [1.807, 2.05) is 13.1 Å². The van der Waals surface area contributed by atoms with Gasteiger partial charge in [-0.25, -0.2) is 4.98 Å². The van der Waals surface area contributed by atoms with E-state index in [2.05, 4.69) is 20.2 Å². The number of nitrogens with zero attached hydrogens (tertiary/aromatic N) is 2. The van der Waals surface area contributed by atoms with Crippen LogP contribution >= 0.6 is 12.4 Å². The van der Waals surface area contributed by atoms with E-state index in [0.717, 1.165) is 38.4 Å². The minimum Gasteiger partial charge on any atom is -0.356 e. The highest BCUT2D eigenvalue weighted by Crippen LogP contribution is 2.02. The number of rotatable bonds is 5. The Hall–Kier alpha value is -1.07. The van der Waals surface area contributed by atoms with E-state index in [1.54, 1.807) is 6.20 Å². The molecule has 0 atom stereocenters. The van der Waals surface area contributed by atoms with Crippen molar-refractivity contribution in [1.29, 1.82) is 0 Å². The van der Waals surface area contributed by atoms with Gasteiger partial charge in [-0.1, -0.05) is 0 Å². The minimum absolute atomic E-state index is 0. The summed E-state index contributed by atoms with van der Waals surface area (Å²) in [5.41, 5.74) is 0. The molecule has 0 aromatic carbocycles. The summed E-state index contributed by atoms with van der Waals surface area (Å²) in [5.74, 6) is 1.39. The summed E-state index contributed by atoms with van der Waals surface area (Å²) < 4.78 is 2.09. The van der Waals surface area contributed by atoms with Crippen molar-refractivity contribution in [2.45, 2.75) is 19.9 Å². The lowest BCUT2D eigenvalue weighted by molar-refractivity contribution is -0.126. The highest BCUT2D eigenvalue weighted by atomic mass is 35.5. The molecule has 1 fully saturated rings. The Labute approximate surface area is 107 Å². The van der Waals surface area contributed by atoms with Gasteiger partial charge in [-0.15, -0.1) is 12.4 Å². The number of aromatic nitrogens is 2. The second kappa shape index (κ2) is 6.61. The Kier molecular flexibility index (Phi) is 5.44. The maximum absolute atomic E-state index is 11.5. The number of aryl methyl sites for hydroxylation is 2. The minimum atomic E-state index is 0. The van der Waals surface area contributed by atoms with Crippen molar-refractivity contribution in [3.05, 3.63) is 18.2 Å². The zero-order valence-corrected chi connectivity index (χ0v) is 10.8. The lowest BCUT2D eigenvalue weighted by Crippen LogP contribution is -2.50. The molecule has 0 bridgehead atoms. The number of halogens is 1. The maximum Gasteiger partial charge on any atom is 0.225 e. The van der Waals surface area contributed by atoms with Gasteiger partial charge < -0.3 is 15.2 Å². The SMILES string of the molecule is Cc1nccn1CCCNC(=O)C1CNC1.Cl. The molecule has 17 heavy (non-hydrogen) atoms. The predicted molar refractivity (Wildman–Crippen MR) is 68.2 cm³/mol. The number of imidazole rings is 1. The van der Waals surface area contributed by atoms with E-state index in [1.165, 1.54) is 0 Å². The third kappa shape index (κ3) is 3.71. The Morgan fingerprint density at radius 1 is 1.65 bits per heavy atom. The molecular weight excluding hydrogens is 240 g/mol. The van der Waals surface area contributed by atoms with Gasteiger partial charge in [0.25, 0.3) is 0 Å². The van der Waals surface area contributed by atoms with E-state index in [0.29, 0.717) is 0 Å². The van der Waals surface area contributed by atoms with Crippen LogP contribution in [0.3, 0.4) is 0 Å². The van der Waals surface area contributed by atoms with Crippen molar-refractivity contribution in [2.75, 3.05) is 19.6 Å². The van der Waals surface area contributed by atoms with E-state index in [9.17, 15) is 4.79 Å². The fourth-order valence-corrected chi connectivity index (χ4v) is 1.72. The first-order valence-corrected chi connectivity index (χ1v) is 5.73. The maximum atomic E-state index is 11.5. The van der Waals surface area contributed by atoms with Gasteiger partial charge in [-0.05, 0) is 13.3 Å². The molecule has 0 radical (unpaired) electrons. The number of nitrogens with one attached hydrogen (secondary N) is 2. The zero-order chi connectivity index (χ0) is 11.4.